The van der Waals surface area contributed by atoms with Gasteiger partial charge in [0.25, 0.3) is 11.8 Å². The standard InChI is InChI=1S/C34H62N6O7S.C34H60N6O7S.2CH4/c2*1-31(2,3)26(37-30(45)38-32(4,5)6)29(44)40-19-21-23(34(21,10)11)24(40)27(42)36-22(18-20-14-13-15-20)25(41)28(43)35-16-17-48(46,47)39(12)33(7,8)9;;/h20-26,41H,13-19H2,1-12H3,(H,35,43)(H,36,42)(H2,37,38,45);20-24,26H,13-19H2,1-12H3,(H,35,43)(H,36,42)(H2,37,38,45);2*1H4/t21?,22?,23?,24-,25?,26+;21?,22?,23?,24-,26+;;/m00../s1. The third-order valence-corrected chi connectivity index (χ3v) is 24.9. The fourth-order valence-electron chi connectivity index (χ4n) is 13.7. The first kappa shape index (κ1) is 87.0. The summed E-state index contributed by atoms with van der Waals surface area (Å²) in [4.78, 5) is 125. The fraction of sp³-hybridized carbons (Fsp3) is 0.871. The van der Waals surface area contributed by atoms with E-state index in [4.69, 9.17) is 0 Å². The third kappa shape index (κ3) is 21.9. The van der Waals surface area contributed by atoms with Crippen LogP contribution >= 0.6 is 0 Å². The molecular weight excluding hydrogens is 1300 g/mol. The second-order valence-electron chi connectivity index (χ2n) is 35.6. The van der Waals surface area contributed by atoms with E-state index in [0.29, 0.717) is 19.5 Å². The summed E-state index contributed by atoms with van der Waals surface area (Å²) in [5.74, 6) is -4.70. The first-order valence-corrected chi connectivity index (χ1v) is 37.7. The van der Waals surface area contributed by atoms with Gasteiger partial charge >= 0.3 is 12.1 Å². The number of piperidine rings is 2. The molecule has 2 aliphatic heterocycles. The van der Waals surface area contributed by atoms with Crippen LogP contribution in [-0.4, -0.2) is 210 Å². The highest BCUT2D eigenvalue weighted by atomic mass is 32.2. The topological polar surface area (TPSA) is 351 Å². The van der Waals surface area contributed by atoms with Gasteiger partial charge < -0.3 is 57.4 Å². The van der Waals surface area contributed by atoms with Gasteiger partial charge in [0.05, 0.1) is 23.6 Å². The van der Waals surface area contributed by atoms with Crippen LogP contribution in [0.2, 0.25) is 0 Å². The molecule has 2 saturated heterocycles. The second-order valence-corrected chi connectivity index (χ2v) is 39.8. The van der Waals surface area contributed by atoms with E-state index in [1.54, 1.807) is 46.4 Å². The van der Waals surface area contributed by atoms with Crippen molar-refractivity contribution in [2.75, 3.05) is 51.8 Å². The fourth-order valence-corrected chi connectivity index (χ4v) is 16.6. The molecule has 98 heavy (non-hydrogen) atoms. The van der Waals surface area contributed by atoms with Crippen molar-refractivity contribution in [2.45, 2.75) is 283 Å². The SMILES string of the molecule is C.C.CN(C(C)(C)C)S(=O)(=O)CCNC(=O)C(=O)C(CC1CCC1)NC(=O)[C@@H]1C2C(CN1C(=O)[C@@H](NC(=O)NC(C)(C)C)C(C)(C)C)C2(C)C.CN(C(C)(C)C)S(=O)(=O)CCNC(=O)C(O)C(CC1CCC1)NC(=O)[C@@H]1C2C(CN1C(=O)[C@@H](NC(=O)NC(C)(C)C)C(C)(C)C)C2(C)C. The number of sulfonamides is 2. The van der Waals surface area contributed by atoms with Gasteiger partial charge in [-0.15, -0.1) is 0 Å². The lowest BCUT2D eigenvalue weighted by Gasteiger charge is -2.39. The number of aliphatic hydroxyl groups is 1. The molecule has 6 rings (SSSR count). The zero-order valence-corrected chi connectivity index (χ0v) is 63.9. The van der Waals surface area contributed by atoms with Gasteiger partial charge in [0.1, 0.15) is 24.2 Å². The maximum absolute atomic E-state index is 14.2. The smallest absolute Gasteiger partial charge is 0.315 e. The van der Waals surface area contributed by atoms with Gasteiger partial charge in [-0.25, -0.2) is 26.4 Å². The molecule has 2 heterocycles. The van der Waals surface area contributed by atoms with Crippen molar-refractivity contribution in [3.8, 4) is 0 Å². The van der Waals surface area contributed by atoms with E-state index in [9.17, 15) is 65.1 Å². The summed E-state index contributed by atoms with van der Waals surface area (Å²) in [6.45, 7) is 41.3. The molecule has 9 N–H and O–H groups in total. The number of ketones is 1. The number of carbonyl (C=O) groups excluding carboxylic acids is 9. The number of aliphatic hydroxyl groups excluding tert-OH is 1. The van der Waals surface area contributed by atoms with Crippen molar-refractivity contribution in [3.05, 3.63) is 0 Å². The maximum atomic E-state index is 14.2. The molecule has 0 spiro atoms. The lowest BCUT2D eigenvalue weighted by atomic mass is 9.79. The van der Waals surface area contributed by atoms with Gasteiger partial charge in [-0.3, -0.25) is 33.6 Å². The molecule has 6 aliphatic rings. The Morgan fingerprint density at radius 3 is 1.19 bits per heavy atom. The average molecular weight is 1430 g/mol. The molecule has 0 radical (unpaired) electrons. The first-order chi connectivity index (χ1) is 43.4. The van der Waals surface area contributed by atoms with Gasteiger partial charge in [0.15, 0.2) is 6.10 Å². The van der Waals surface area contributed by atoms with Crippen molar-refractivity contribution >= 4 is 73.3 Å². The molecule has 4 saturated carbocycles. The van der Waals surface area contributed by atoms with E-state index < -0.39 is 137 Å². The van der Waals surface area contributed by atoms with Crippen LogP contribution in [0.15, 0.2) is 0 Å². The van der Waals surface area contributed by atoms with Crippen LogP contribution in [0.4, 0.5) is 9.59 Å². The molecule has 0 aromatic carbocycles. The molecule has 4 aliphatic carbocycles. The third-order valence-electron chi connectivity index (χ3n) is 20.7. The van der Waals surface area contributed by atoms with Crippen molar-refractivity contribution in [1.82, 2.24) is 60.9 Å². The number of carbonyl (C=O) groups is 9. The van der Waals surface area contributed by atoms with Gasteiger partial charge in [0.2, 0.25) is 49.5 Å². The van der Waals surface area contributed by atoms with Crippen LogP contribution in [0.25, 0.3) is 0 Å². The highest BCUT2D eigenvalue weighted by Gasteiger charge is 2.71. The summed E-state index contributed by atoms with van der Waals surface area (Å²) in [7, 11) is -4.41. The van der Waals surface area contributed by atoms with E-state index in [1.165, 1.54) is 27.6 Å². The Morgan fingerprint density at radius 2 is 0.867 bits per heavy atom. The summed E-state index contributed by atoms with van der Waals surface area (Å²) in [5, 5.41) is 33.4. The second kappa shape index (κ2) is 31.6. The predicted molar refractivity (Wildman–Crippen MR) is 383 cm³/mol. The molecule has 10 amide bonds. The Labute approximate surface area is 588 Å². The number of Topliss-reactive ketones (excluding diaryl/α,β-unsaturated/α-hetero) is 1. The molecule has 28 heteroatoms. The van der Waals surface area contributed by atoms with Gasteiger partial charge in [-0.05, 0) is 153 Å². The molecular formula is C70H130N12O14S2. The van der Waals surface area contributed by atoms with Crippen molar-refractivity contribution in [1.29, 1.82) is 0 Å². The summed E-state index contributed by atoms with van der Waals surface area (Å²) < 4.78 is 53.4. The lowest BCUT2D eigenvalue weighted by Crippen LogP contribution is -2.62. The highest BCUT2D eigenvalue weighted by molar-refractivity contribution is 7.89. The zero-order valence-electron chi connectivity index (χ0n) is 62.3. The normalized spacial score (nSPS) is 23.7. The molecule has 6 fully saturated rings. The minimum atomic E-state index is -3.70. The van der Waals surface area contributed by atoms with Gasteiger partial charge in [0, 0.05) is 62.4 Å². The van der Waals surface area contributed by atoms with Crippen molar-refractivity contribution in [3.63, 3.8) is 0 Å². The Kier molecular flexibility index (Phi) is 28.1. The number of amides is 10. The van der Waals surface area contributed by atoms with Crippen LogP contribution in [0.3, 0.4) is 0 Å². The number of fused-ring (bicyclic) bond motifs is 2. The summed E-state index contributed by atoms with van der Waals surface area (Å²) in [6, 6.07) is -6.58. The summed E-state index contributed by atoms with van der Waals surface area (Å²) in [5.41, 5.74) is -4.05. The Balaban J connectivity index is 0.000000500. The summed E-state index contributed by atoms with van der Waals surface area (Å²) in [6.07, 6.45) is 4.65. The Hall–Kier alpha value is -5.19. The Bertz CT molecular complexity index is 3110. The van der Waals surface area contributed by atoms with Crippen LogP contribution in [0.5, 0.6) is 0 Å². The quantitative estimate of drug-likeness (QED) is 0.0511. The highest BCUT2D eigenvalue weighted by Crippen LogP contribution is 2.66. The van der Waals surface area contributed by atoms with Gasteiger partial charge in [-0.2, -0.15) is 8.61 Å². The average Bonchev–Trinajstić information content (AvgIpc) is 1.53. The van der Waals surface area contributed by atoms with Crippen molar-refractivity contribution in [2.24, 2.45) is 57.2 Å². The molecule has 26 nitrogen and oxygen atoms in total. The number of hydrogen-bond donors (Lipinski definition) is 9. The first-order valence-electron chi connectivity index (χ1n) is 34.5. The van der Waals surface area contributed by atoms with E-state index >= 15 is 0 Å². The number of hydrogen-bond acceptors (Lipinski definition) is 14. The lowest BCUT2D eigenvalue weighted by molar-refractivity contribution is -0.145. The maximum Gasteiger partial charge on any atom is 0.315 e. The molecule has 0 bridgehead atoms. The minimum absolute atomic E-state index is 0. The van der Waals surface area contributed by atoms with E-state index in [1.807, 2.05) is 83.1 Å². The van der Waals surface area contributed by atoms with Crippen LogP contribution in [0, 0.1) is 57.2 Å². The summed E-state index contributed by atoms with van der Waals surface area (Å²) >= 11 is 0. The van der Waals surface area contributed by atoms with E-state index in [2.05, 4.69) is 70.2 Å². The Morgan fingerprint density at radius 1 is 0.520 bits per heavy atom. The van der Waals surface area contributed by atoms with Crippen LogP contribution in [-0.2, 0) is 53.6 Å². The largest absolute Gasteiger partial charge is 0.381 e. The minimum Gasteiger partial charge on any atom is -0.381 e. The molecule has 0 aromatic rings. The van der Waals surface area contributed by atoms with E-state index in [0.717, 1.165) is 38.5 Å². The monoisotopic (exact) mass is 1430 g/mol. The number of likely N-dealkylation sites (tertiary alicyclic amines) is 2. The molecule has 566 valence electrons. The molecule has 7 unspecified atom stereocenters. The van der Waals surface area contributed by atoms with E-state index in [-0.39, 0.29) is 104 Å². The van der Waals surface area contributed by atoms with Crippen LogP contribution < -0.4 is 42.5 Å². The molecule has 11 atom stereocenters. The zero-order chi connectivity index (χ0) is 73.6. The predicted octanol–water partition coefficient (Wildman–Crippen LogP) is 5.87. The number of nitrogens with zero attached hydrogens (tertiary/aromatic N) is 4. The van der Waals surface area contributed by atoms with Gasteiger partial charge in [-0.1, -0.05) is 123 Å². The van der Waals surface area contributed by atoms with Crippen LogP contribution in [0.1, 0.15) is 219 Å². The number of urea groups is 2. The number of nitrogens with one attached hydrogen (secondary N) is 8. The van der Waals surface area contributed by atoms with Crippen molar-refractivity contribution < 1.29 is 65.1 Å². The molecule has 0 aromatic heterocycles. The number of rotatable bonds is 24.